The van der Waals surface area contributed by atoms with Crippen molar-refractivity contribution in [3.63, 3.8) is 0 Å². The molecule has 1 aromatic carbocycles. The minimum Gasteiger partial charge on any atom is -0.467 e. The first-order valence-corrected chi connectivity index (χ1v) is 13.0. The summed E-state index contributed by atoms with van der Waals surface area (Å²) in [6, 6.07) is 8.89. The Hall–Kier alpha value is -4.32. The number of carbonyl (C=O) groups is 1. The minimum absolute atomic E-state index is 0.0364. The fraction of sp³-hybridized carbons (Fsp3) is 0.231. The van der Waals surface area contributed by atoms with Gasteiger partial charge in [0.1, 0.15) is 11.5 Å². The van der Waals surface area contributed by atoms with Crippen LogP contribution in [0.3, 0.4) is 0 Å². The van der Waals surface area contributed by atoms with Gasteiger partial charge in [-0.05, 0) is 49.2 Å². The molecule has 0 spiro atoms. The molecule has 1 atom stereocenters. The standard InChI is InChI=1S/C26H23F2N7O2S/c27-19-6-5-16(13-20(19)28)22-23(35-10-12-38-26(35)33-22)21-7-8-29-24(32-21)31-17-3-1-9-34(15-17)25(36)30-14-18-4-2-11-37-18/h2,4-8,10-13,17H,1,3,9,14-15H2,(H,30,36)(H,29,31,32)/t17-/m1/s1. The van der Waals surface area contributed by atoms with Gasteiger partial charge in [-0.1, -0.05) is 0 Å². The van der Waals surface area contributed by atoms with E-state index in [0.29, 0.717) is 58.9 Å². The normalized spacial score (nSPS) is 15.6. The van der Waals surface area contributed by atoms with Crippen LogP contribution in [0.25, 0.3) is 27.6 Å². The molecule has 9 nitrogen and oxygen atoms in total. The highest BCUT2D eigenvalue weighted by atomic mass is 32.1. The van der Waals surface area contributed by atoms with Gasteiger partial charge in [0, 0.05) is 42.5 Å². The van der Waals surface area contributed by atoms with Crippen molar-refractivity contribution in [2.75, 3.05) is 18.4 Å². The summed E-state index contributed by atoms with van der Waals surface area (Å²) >= 11 is 1.43. The Balaban J connectivity index is 1.22. The predicted octanol–water partition coefficient (Wildman–Crippen LogP) is 5.18. The Bertz CT molecular complexity index is 1580. The number of thiazole rings is 1. The van der Waals surface area contributed by atoms with Gasteiger partial charge in [-0.15, -0.1) is 11.3 Å². The molecule has 0 radical (unpaired) electrons. The van der Waals surface area contributed by atoms with Crippen LogP contribution < -0.4 is 10.6 Å². The molecule has 194 valence electrons. The lowest BCUT2D eigenvalue weighted by Gasteiger charge is -2.33. The monoisotopic (exact) mass is 535 g/mol. The van der Waals surface area contributed by atoms with Crippen LogP contribution in [0.1, 0.15) is 18.6 Å². The zero-order valence-electron chi connectivity index (χ0n) is 20.1. The van der Waals surface area contributed by atoms with Gasteiger partial charge in [-0.3, -0.25) is 4.40 Å². The lowest BCUT2D eigenvalue weighted by atomic mass is 10.1. The lowest BCUT2D eigenvalue weighted by Crippen LogP contribution is -2.49. The summed E-state index contributed by atoms with van der Waals surface area (Å²) in [6.07, 6.45) is 6.77. The molecule has 5 aromatic rings. The molecule has 2 amide bonds. The summed E-state index contributed by atoms with van der Waals surface area (Å²) in [6.45, 7) is 1.49. The molecule has 0 saturated carbocycles. The molecule has 6 rings (SSSR count). The van der Waals surface area contributed by atoms with Crippen LogP contribution in [0, 0.1) is 11.6 Å². The van der Waals surface area contributed by atoms with E-state index in [2.05, 4.69) is 20.6 Å². The summed E-state index contributed by atoms with van der Waals surface area (Å²) < 4.78 is 34.8. The number of hydrogen-bond acceptors (Lipinski definition) is 7. The second-order valence-electron chi connectivity index (χ2n) is 8.93. The summed E-state index contributed by atoms with van der Waals surface area (Å²) in [5.74, 6) is -0.754. The number of carbonyl (C=O) groups excluding carboxylic acids is 1. The van der Waals surface area contributed by atoms with Crippen LogP contribution >= 0.6 is 11.3 Å². The van der Waals surface area contributed by atoms with Crippen molar-refractivity contribution >= 4 is 28.3 Å². The summed E-state index contributed by atoms with van der Waals surface area (Å²) in [4.78, 5) is 28.9. The third-order valence-corrected chi connectivity index (χ3v) is 7.15. The van der Waals surface area contributed by atoms with Gasteiger partial charge < -0.3 is 20.0 Å². The number of furan rings is 1. The molecular weight excluding hydrogens is 512 g/mol. The van der Waals surface area contributed by atoms with Crippen LogP contribution in [0.5, 0.6) is 0 Å². The minimum atomic E-state index is -0.940. The lowest BCUT2D eigenvalue weighted by molar-refractivity contribution is 0.181. The van der Waals surface area contributed by atoms with E-state index in [1.165, 1.54) is 17.4 Å². The number of hydrogen-bond donors (Lipinski definition) is 2. The van der Waals surface area contributed by atoms with Crippen LogP contribution in [0.2, 0.25) is 0 Å². The molecule has 5 heterocycles. The first-order chi connectivity index (χ1) is 18.5. The Morgan fingerprint density at radius 2 is 2.11 bits per heavy atom. The third kappa shape index (κ3) is 4.82. The number of urea groups is 1. The van der Waals surface area contributed by atoms with Gasteiger partial charge in [0.2, 0.25) is 5.95 Å². The number of likely N-dealkylation sites (tertiary alicyclic amines) is 1. The maximum absolute atomic E-state index is 14.0. The number of nitrogens with zero attached hydrogens (tertiary/aromatic N) is 5. The van der Waals surface area contributed by atoms with E-state index in [9.17, 15) is 13.6 Å². The number of halogens is 2. The summed E-state index contributed by atoms with van der Waals surface area (Å²) in [5.41, 5.74) is 2.18. The maximum atomic E-state index is 14.0. The fourth-order valence-corrected chi connectivity index (χ4v) is 5.30. The Morgan fingerprint density at radius 1 is 1.18 bits per heavy atom. The van der Waals surface area contributed by atoms with E-state index in [1.807, 2.05) is 22.0 Å². The van der Waals surface area contributed by atoms with Crippen LogP contribution in [-0.4, -0.2) is 49.4 Å². The number of fused-ring (bicyclic) bond motifs is 1. The number of aromatic nitrogens is 4. The number of nitrogens with one attached hydrogen (secondary N) is 2. The van der Waals surface area contributed by atoms with E-state index < -0.39 is 11.6 Å². The molecule has 4 aromatic heterocycles. The van der Waals surface area contributed by atoms with Gasteiger partial charge >= 0.3 is 6.03 Å². The molecule has 1 fully saturated rings. The molecule has 1 saturated heterocycles. The van der Waals surface area contributed by atoms with Crippen LogP contribution in [0.4, 0.5) is 19.5 Å². The second-order valence-corrected chi connectivity index (χ2v) is 9.80. The van der Waals surface area contributed by atoms with E-state index >= 15 is 0 Å². The number of amides is 2. The van der Waals surface area contributed by atoms with Crippen molar-refractivity contribution in [3.05, 3.63) is 77.8 Å². The van der Waals surface area contributed by atoms with Crippen LogP contribution in [-0.2, 0) is 6.54 Å². The van der Waals surface area contributed by atoms with Crippen LogP contribution in [0.15, 0.2) is 64.9 Å². The van der Waals surface area contributed by atoms with Gasteiger partial charge in [0.05, 0.1) is 24.2 Å². The molecule has 12 heteroatoms. The fourth-order valence-electron chi connectivity index (χ4n) is 4.59. The van der Waals surface area contributed by atoms with Gasteiger partial charge in [0.15, 0.2) is 16.6 Å². The quantitative estimate of drug-likeness (QED) is 0.311. The summed E-state index contributed by atoms with van der Waals surface area (Å²) in [7, 11) is 0. The number of imidazole rings is 1. The highest BCUT2D eigenvalue weighted by molar-refractivity contribution is 7.15. The third-order valence-electron chi connectivity index (χ3n) is 6.39. The smallest absolute Gasteiger partial charge is 0.317 e. The Labute approximate surface area is 220 Å². The molecular formula is C26H23F2N7O2S. The van der Waals surface area contributed by atoms with Crippen molar-refractivity contribution < 1.29 is 18.0 Å². The van der Waals surface area contributed by atoms with Crippen molar-refractivity contribution in [3.8, 4) is 22.6 Å². The highest BCUT2D eigenvalue weighted by Crippen LogP contribution is 2.34. The van der Waals surface area contributed by atoms with E-state index in [1.54, 1.807) is 29.5 Å². The average Bonchev–Trinajstić information content (AvgIpc) is 3.67. The topological polar surface area (TPSA) is 101 Å². The zero-order valence-corrected chi connectivity index (χ0v) is 20.9. The number of rotatable bonds is 6. The Morgan fingerprint density at radius 3 is 2.95 bits per heavy atom. The number of piperidine rings is 1. The van der Waals surface area contributed by atoms with E-state index in [4.69, 9.17) is 9.40 Å². The molecule has 1 aliphatic heterocycles. The van der Waals surface area contributed by atoms with Gasteiger partial charge in [-0.25, -0.2) is 28.5 Å². The second kappa shape index (κ2) is 10.2. The van der Waals surface area contributed by atoms with Gasteiger partial charge in [-0.2, -0.15) is 0 Å². The first kappa shape index (κ1) is 24.0. The predicted molar refractivity (Wildman–Crippen MR) is 139 cm³/mol. The summed E-state index contributed by atoms with van der Waals surface area (Å²) in [5, 5.41) is 8.14. The van der Waals surface area contributed by atoms with Crippen molar-refractivity contribution in [2.45, 2.75) is 25.4 Å². The van der Waals surface area contributed by atoms with E-state index in [0.717, 1.165) is 25.0 Å². The molecule has 0 unspecified atom stereocenters. The first-order valence-electron chi connectivity index (χ1n) is 12.1. The number of benzene rings is 1. The average molecular weight is 536 g/mol. The molecule has 0 bridgehead atoms. The highest BCUT2D eigenvalue weighted by Gasteiger charge is 2.25. The maximum Gasteiger partial charge on any atom is 0.317 e. The molecule has 2 N–H and O–H groups in total. The van der Waals surface area contributed by atoms with Gasteiger partial charge in [0.25, 0.3) is 0 Å². The molecule has 0 aliphatic carbocycles. The molecule has 1 aliphatic rings. The van der Waals surface area contributed by atoms with Crippen molar-refractivity contribution in [1.82, 2.24) is 29.6 Å². The van der Waals surface area contributed by atoms with Crippen molar-refractivity contribution in [1.29, 1.82) is 0 Å². The zero-order chi connectivity index (χ0) is 26.1. The number of anilines is 1. The SMILES string of the molecule is O=C(NCc1ccco1)N1CCC[C@@H](Nc2nccc(-c3c(-c4ccc(F)c(F)c4)nc4sccn34)n2)C1. The largest absolute Gasteiger partial charge is 0.467 e. The molecule has 38 heavy (non-hydrogen) atoms. The Kier molecular flexibility index (Phi) is 6.46. The van der Waals surface area contributed by atoms with E-state index in [-0.39, 0.29) is 12.1 Å². The van der Waals surface area contributed by atoms with Crippen molar-refractivity contribution in [2.24, 2.45) is 0 Å².